The molecule has 1 aromatic rings. The van der Waals surface area contributed by atoms with Gasteiger partial charge in [0.05, 0.1) is 5.92 Å². The maximum Gasteiger partial charge on any atom is 0.308 e. The molecular weight excluding hydrogens is 254 g/mol. The molecule has 1 unspecified atom stereocenters. The van der Waals surface area contributed by atoms with E-state index in [1.54, 1.807) is 17.9 Å². The fourth-order valence-electron chi connectivity index (χ4n) is 1.97. The van der Waals surface area contributed by atoms with Crippen LogP contribution in [0.25, 0.3) is 0 Å². The van der Waals surface area contributed by atoms with E-state index in [1.165, 1.54) is 0 Å². The van der Waals surface area contributed by atoms with Gasteiger partial charge in [-0.05, 0) is 39.3 Å². The van der Waals surface area contributed by atoms with E-state index in [0.717, 1.165) is 5.56 Å². The molecule has 0 heterocycles. The Labute approximate surface area is 120 Å². The van der Waals surface area contributed by atoms with Crippen LogP contribution in [-0.4, -0.2) is 34.0 Å². The van der Waals surface area contributed by atoms with Gasteiger partial charge in [-0.2, -0.15) is 0 Å². The topological polar surface area (TPSA) is 57.6 Å². The van der Waals surface area contributed by atoms with Gasteiger partial charge >= 0.3 is 5.97 Å². The highest BCUT2D eigenvalue weighted by atomic mass is 16.4. The van der Waals surface area contributed by atoms with Gasteiger partial charge in [-0.25, -0.2) is 0 Å². The fourth-order valence-corrected chi connectivity index (χ4v) is 1.97. The summed E-state index contributed by atoms with van der Waals surface area (Å²) in [4.78, 5) is 25.4. The van der Waals surface area contributed by atoms with E-state index in [-0.39, 0.29) is 12.5 Å². The van der Waals surface area contributed by atoms with Crippen molar-refractivity contribution in [2.75, 3.05) is 6.54 Å². The lowest BCUT2D eigenvalue weighted by molar-refractivity contribution is -0.141. The zero-order chi connectivity index (χ0) is 15.5. The van der Waals surface area contributed by atoms with Crippen LogP contribution >= 0.6 is 0 Å². The van der Waals surface area contributed by atoms with E-state index in [1.807, 2.05) is 45.9 Å². The average Bonchev–Trinajstić information content (AvgIpc) is 2.33. The molecule has 110 valence electrons. The Hall–Kier alpha value is -1.84. The minimum absolute atomic E-state index is 0.122. The number of nitrogens with zero attached hydrogens (tertiary/aromatic N) is 1. The zero-order valence-corrected chi connectivity index (χ0v) is 12.8. The third kappa shape index (κ3) is 3.83. The lowest BCUT2D eigenvalue weighted by Crippen LogP contribution is -2.48. The second kappa shape index (κ2) is 6.07. The van der Waals surface area contributed by atoms with Crippen molar-refractivity contribution >= 4 is 11.9 Å². The SMILES string of the molecule is Cc1ccccc1C(=O)N(CC(C)C(=O)O)C(C)(C)C. The van der Waals surface area contributed by atoms with Crippen molar-refractivity contribution in [3.05, 3.63) is 35.4 Å². The maximum absolute atomic E-state index is 12.7. The Kier molecular flexibility index (Phi) is 4.93. The van der Waals surface area contributed by atoms with E-state index in [0.29, 0.717) is 5.56 Å². The van der Waals surface area contributed by atoms with E-state index in [4.69, 9.17) is 5.11 Å². The number of carbonyl (C=O) groups excluding carboxylic acids is 1. The molecule has 0 aliphatic rings. The summed E-state index contributed by atoms with van der Waals surface area (Å²) in [6.45, 7) is 9.44. The summed E-state index contributed by atoms with van der Waals surface area (Å²) in [6.07, 6.45) is 0. The first-order valence-electron chi connectivity index (χ1n) is 6.75. The average molecular weight is 277 g/mol. The number of aryl methyl sites for hydroxylation is 1. The Morgan fingerprint density at radius 3 is 2.25 bits per heavy atom. The van der Waals surface area contributed by atoms with Crippen LogP contribution in [0, 0.1) is 12.8 Å². The van der Waals surface area contributed by atoms with Gasteiger partial charge < -0.3 is 10.0 Å². The minimum Gasteiger partial charge on any atom is -0.481 e. The summed E-state index contributed by atoms with van der Waals surface area (Å²) >= 11 is 0. The van der Waals surface area contributed by atoms with Crippen LogP contribution in [-0.2, 0) is 4.79 Å². The summed E-state index contributed by atoms with van der Waals surface area (Å²) in [6, 6.07) is 7.37. The molecule has 1 rings (SSSR count). The van der Waals surface area contributed by atoms with Gasteiger partial charge in [-0.15, -0.1) is 0 Å². The summed E-state index contributed by atoms with van der Waals surface area (Å²) in [5.74, 6) is -1.61. The van der Waals surface area contributed by atoms with Crippen molar-refractivity contribution in [1.82, 2.24) is 4.90 Å². The van der Waals surface area contributed by atoms with Crippen molar-refractivity contribution in [3.8, 4) is 0 Å². The third-order valence-corrected chi connectivity index (χ3v) is 3.31. The smallest absolute Gasteiger partial charge is 0.308 e. The van der Waals surface area contributed by atoms with E-state index in [2.05, 4.69) is 0 Å². The van der Waals surface area contributed by atoms with Crippen molar-refractivity contribution in [1.29, 1.82) is 0 Å². The van der Waals surface area contributed by atoms with Crippen molar-refractivity contribution in [2.24, 2.45) is 5.92 Å². The van der Waals surface area contributed by atoms with Crippen LogP contribution in [0.2, 0.25) is 0 Å². The lowest BCUT2D eigenvalue weighted by Gasteiger charge is -2.37. The van der Waals surface area contributed by atoms with E-state index >= 15 is 0 Å². The van der Waals surface area contributed by atoms with E-state index in [9.17, 15) is 9.59 Å². The number of amides is 1. The highest BCUT2D eigenvalue weighted by Gasteiger charge is 2.30. The molecule has 4 nitrogen and oxygen atoms in total. The number of carbonyl (C=O) groups is 2. The maximum atomic E-state index is 12.7. The van der Waals surface area contributed by atoms with Crippen LogP contribution < -0.4 is 0 Å². The second-order valence-electron chi connectivity index (χ2n) is 6.14. The van der Waals surface area contributed by atoms with Crippen molar-refractivity contribution in [3.63, 3.8) is 0 Å². The molecule has 0 aliphatic carbocycles. The highest BCUT2D eigenvalue weighted by Crippen LogP contribution is 2.21. The Bertz CT molecular complexity index is 503. The second-order valence-corrected chi connectivity index (χ2v) is 6.14. The summed E-state index contributed by atoms with van der Waals surface area (Å²) in [7, 11) is 0. The van der Waals surface area contributed by atoms with Crippen LogP contribution in [0.3, 0.4) is 0 Å². The van der Waals surface area contributed by atoms with Gasteiger partial charge in [0, 0.05) is 17.6 Å². The number of aliphatic carboxylic acids is 1. The number of carboxylic acid groups (broad SMARTS) is 1. The van der Waals surface area contributed by atoms with Gasteiger partial charge in [0.2, 0.25) is 0 Å². The molecule has 1 atom stereocenters. The lowest BCUT2D eigenvalue weighted by atomic mass is 9.99. The molecule has 0 fully saturated rings. The molecule has 0 aromatic heterocycles. The van der Waals surface area contributed by atoms with E-state index < -0.39 is 17.4 Å². The first-order chi connectivity index (χ1) is 9.14. The molecule has 0 radical (unpaired) electrons. The normalized spacial score (nSPS) is 12.8. The predicted octanol–water partition coefficient (Wildman–Crippen LogP) is 2.96. The quantitative estimate of drug-likeness (QED) is 0.920. The molecule has 0 spiro atoms. The largest absolute Gasteiger partial charge is 0.481 e. The number of benzene rings is 1. The molecule has 1 aromatic carbocycles. The molecular formula is C16H23NO3. The number of hydrogen-bond acceptors (Lipinski definition) is 2. The number of carboxylic acids is 1. The summed E-state index contributed by atoms with van der Waals surface area (Å²) < 4.78 is 0. The Morgan fingerprint density at radius 2 is 1.80 bits per heavy atom. The van der Waals surface area contributed by atoms with Gasteiger partial charge in [-0.3, -0.25) is 9.59 Å². The molecule has 0 aliphatic heterocycles. The molecule has 1 amide bonds. The van der Waals surface area contributed by atoms with Gasteiger partial charge in [0.15, 0.2) is 0 Å². The highest BCUT2D eigenvalue weighted by molar-refractivity contribution is 5.96. The third-order valence-electron chi connectivity index (χ3n) is 3.31. The predicted molar refractivity (Wildman–Crippen MR) is 78.8 cm³/mol. The van der Waals surface area contributed by atoms with Gasteiger partial charge in [-0.1, -0.05) is 25.1 Å². The molecule has 4 heteroatoms. The first-order valence-corrected chi connectivity index (χ1v) is 6.75. The first kappa shape index (κ1) is 16.2. The number of rotatable bonds is 4. The van der Waals surface area contributed by atoms with Gasteiger partial charge in [0.25, 0.3) is 5.91 Å². The van der Waals surface area contributed by atoms with Crippen LogP contribution in [0.4, 0.5) is 0 Å². The monoisotopic (exact) mass is 277 g/mol. The Balaban J connectivity index is 3.09. The van der Waals surface area contributed by atoms with Crippen LogP contribution in [0.5, 0.6) is 0 Å². The van der Waals surface area contributed by atoms with Crippen LogP contribution in [0.1, 0.15) is 43.6 Å². The van der Waals surface area contributed by atoms with Gasteiger partial charge in [0.1, 0.15) is 0 Å². The summed E-state index contributed by atoms with van der Waals surface area (Å²) in [5.41, 5.74) is 1.10. The van der Waals surface area contributed by atoms with Crippen LogP contribution in [0.15, 0.2) is 24.3 Å². The number of hydrogen-bond donors (Lipinski definition) is 1. The minimum atomic E-state index is -0.892. The Morgan fingerprint density at radius 1 is 1.25 bits per heavy atom. The molecule has 0 bridgehead atoms. The molecule has 20 heavy (non-hydrogen) atoms. The molecule has 0 saturated carbocycles. The zero-order valence-electron chi connectivity index (χ0n) is 12.8. The fraction of sp³-hybridized carbons (Fsp3) is 0.500. The molecule has 1 N–H and O–H groups in total. The van der Waals surface area contributed by atoms with Crippen molar-refractivity contribution in [2.45, 2.75) is 40.2 Å². The molecule has 0 saturated heterocycles. The summed E-state index contributed by atoms with van der Waals surface area (Å²) in [5, 5.41) is 9.07. The standard InChI is InChI=1S/C16H23NO3/c1-11-8-6-7-9-13(11)14(18)17(16(3,4)5)10-12(2)15(19)20/h6-9,12H,10H2,1-5H3,(H,19,20). The van der Waals surface area contributed by atoms with Crippen molar-refractivity contribution < 1.29 is 14.7 Å².